The van der Waals surface area contributed by atoms with Crippen molar-refractivity contribution in [2.75, 3.05) is 11.9 Å². The molecule has 0 bridgehead atoms. The maximum atomic E-state index is 9.42. The number of aryl methyl sites for hydroxylation is 1. The van der Waals surface area contributed by atoms with E-state index in [4.69, 9.17) is 5.73 Å². The molecule has 4 N–H and O–H groups in total. The highest BCUT2D eigenvalue weighted by molar-refractivity contribution is 5.89. The molecule has 120 valence electrons. The summed E-state index contributed by atoms with van der Waals surface area (Å²) in [5, 5.41) is 14.0. The van der Waals surface area contributed by atoms with Gasteiger partial charge in [0.2, 0.25) is 0 Å². The van der Waals surface area contributed by atoms with Gasteiger partial charge in [0.15, 0.2) is 0 Å². The van der Waals surface area contributed by atoms with Crippen LogP contribution in [0.5, 0.6) is 0 Å². The van der Waals surface area contributed by atoms with Crippen LogP contribution in [0.25, 0.3) is 17.0 Å². The second-order valence-corrected chi connectivity index (χ2v) is 5.54. The number of benzene rings is 1. The van der Waals surface area contributed by atoms with E-state index in [0.29, 0.717) is 12.1 Å². The van der Waals surface area contributed by atoms with Crippen LogP contribution >= 0.6 is 0 Å². The summed E-state index contributed by atoms with van der Waals surface area (Å²) in [7, 11) is 0. The Morgan fingerprint density at radius 1 is 1.33 bits per heavy atom. The molecule has 0 saturated carbocycles. The van der Waals surface area contributed by atoms with Gasteiger partial charge in [0.05, 0.1) is 11.3 Å². The van der Waals surface area contributed by atoms with Gasteiger partial charge in [-0.25, -0.2) is 0 Å². The van der Waals surface area contributed by atoms with Crippen molar-refractivity contribution in [3.8, 4) is 6.07 Å². The van der Waals surface area contributed by atoms with E-state index < -0.39 is 0 Å². The van der Waals surface area contributed by atoms with Gasteiger partial charge in [-0.1, -0.05) is 12.2 Å². The average molecular weight is 317 g/mol. The first-order valence-electron chi connectivity index (χ1n) is 7.83. The van der Waals surface area contributed by atoms with Gasteiger partial charge in [0.1, 0.15) is 6.07 Å². The molecule has 0 unspecified atom stereocenters. The van der Waals surface area contributed by atoms with E-state index in [1.807, 2.05) is 30.5 Å². The second-order valence-electron chi connectivity index (χ2n) is 5.54. The minimum Gasteiger partial charge on any atom is -0.361 e. The van der Waals surface area contributed by atoms with E-state index in [9.17, 15) is 5.26 Å². The van der Waals surface area contributed by atoms with E-state index >= 15 is 0 Å². The molecule has 3 aromatic rings. The summed E-state index contributed by atoms with van der Waals surface area (Å²) in [6.45, 7) is 2.66. The Balaban J connectivity index is 2.04. The van der Waals surface area contributed by atoms with Gasteiger partial charge in [-0.3, -0.25) is 4.98 Å². The summed E-state index contributed by atoms with van der Waals surface area (Å²) < 4.78 is 0. The molecule has 2 aromatic heterocycles. The molecule has 3 rings (SSSR count). The summed E-state index contributed by atoms with van der Waals surface area (Å²) >= 11 is 0. The van der Waals surface area contributed by atoms with Crippen LogP contribution in [0.1, 0.15) is 23.1 Å². The topological polar surface area (TPSA) is 90.5 Å². The van der Waals surface area contributed by atoms with Crippen molar-refractivity contribution in [2.24, 2.45) is 5.73 Å². The smallest absolute Gasteiger partial charge is 0.103 e. The molecule has 0 saturated heterocycles. The summed E-state index contributed by atoms with van der Waals surface area (Å²) in [6.07, 6.45) is 9.98. The molecule has 0 aliphatic heterocycles. The Morgan fingerprint density at radius 3 is 3.00 bits per heavy atom. The van der Waals surface area contributed by atoms with E-state index in [0.717, 1.165) is 39.8 Å². The standard InChI is InChI=1S/C19H19N5/c1-13-16-7-9-23-18(16)6-5-17(13)24-19-14(4-2-3-8-20)11-22-12-15(19)10-21/h2,4-7,9,11-12,23H,3,8,20H2,1H3,(H,22,24)/b4-2+. The number of H-pyrrole nitrogens is 1. The van der Waals surface area contributed by atoms with Crippen LogP contribution in [0, 0.1) is 18.3 Å². The quantitative estimate of drug-likeness (QED) is 0.666. The van der Waals surface area contributed by atoms with Gasteiger partial charge < -0.3 is 16.0 Å². The number of aromatic amines is 1. The number of nitriles is 1. The predicted molar refractivity (Wildman–Crippen MR) is 98.0 cm³/mol. The van der Waals surface area contributed by atoms with Gasteiger partial charge in [-0.05, 0) is 43.7 Å². The number of hydrogen-bond donors (Lipinski definition) is 3. The van der Waals surface area contributed by atoms with Gasteiger partial charge >= 0.3 is 0 Å². The number of pyridine rings is 1. The number of fused-ring (bicyclic) bond motifs is 1. The predicted octanol–water partition coefficient (Wildman–Crippen LogP) is 3.85. The Hall–Kier alpha value is -3.10. The summed E-state index contributed by atoms with van der Waals surface area (Å²) in [6, 6.07) is 8.31. The first kappa shape index (κ1) is 15.8. The molecule has 0 fully saturated rings. The summed E-state index contributed by atoms with van der Waals surface area (Å²) in [4.78, 5) is 7.36. The second kappa shape index (κ2) is 6.99. The third-order valence-corrected chi connectivity index (χ3v) is 3.99. The molecule has 1 aromatic carbocycles. The third kappa shape index (κ3) is 3.00. The fourth-order valence-corrected chi connectivity index (χ4v) is 2.69. The fourth-order valence-electron chi connectivity index (χ4n) is 2.69. The van der Waals surface area contributed by atoms with Gasteiger partial charge in [-0.2, -0.15) is 5.26 Å². The first-order valence-corrected chi connectivity index (χ1v) is 7.83. The molecule has 0 aliphatic rings. The largest absolute Gasteiger partial charge is 0.361 e. The van der Waals surface area contributed by atoms with E-state index in [1.165, 1.54) is 0 Å². The fraction of sp³-hybridized carbons (Fsp3) is 0.158. The average Bonchev–Trinajstić information content (AvgIpc) is 3.08. The molecule has 0 atom stereocenters. The molecule has 0 radical (unpaired) electrons. The lowest BCUT2D eigenvalue weighted by atomic mass is 10.1. The highest BCUT2D eigenvalue weighted by Crippen LogP contribution is 2.30. The van der Waals surface area contributed by atoms with Crippen LogP contribution in [0.3, 0.4) is 0 Å². The highest BCUT2D eigenvalue weighted by atomic mass is 14.9. The molecule has 5 nitrogen and oxygen atoms in total. The molecule has 0 spiro atoms. The van der Waals surface area contributed by atoms with Crippen LogP contribution in [0.15, 0.2) is 42.9 Å². The van der Waals surface area contributed by atoms with Crippen LogP contribution in [0.2, 0.25) is 0 Å². The normalized spacial score (nSPS) is 11.0. The van der Waals surface area contributed by atoms with Crippen molar-refractivity contribution >= 4 is 28.4 Å². The van der Waals surface area contributed by atoms with Crippen LogP contribution in [-0.4, -0.2) is 16.5 Å². The van der Waals surface area contributed by atoms with E-state index in [2.05, 4.69) is 34.3 Å². The Bertz CT molecular complexity index is 931. The zero-order valence-corrected chi connectivity index (χ0v) is 13.5. The Morgan fingerprint density at radius 2 is 2.21 bits per heavy atom. The van der Waals surface area contributed by atoms with Gasteiger partial charge in [-0.15, -0.1) is 0 Å². The SMILES string of the molecule is Cc1c(Nc2c(C#N)cncc2/C=C/CCN)ccc2[nH]ccc12. The number of rotatable bonds is 5. The van der Waals surface area contributed by atoms with Crippen LogP contribution in [0.4, 0.5) is 11.4 Å². The van der Waals surface area contributed by atoms with Crippen LogP contribution < -0.4 is 11.1 Å². The molecule has 0 amide bonds. The minimum atomic E-state index is 0.512. The Labute approximate surface area is 140 Å². The third-order valence-electron chi connectivity index (χ3n) is 3.99. The van der Waals surface area contributed by atoms with Crippen molar-refractivity contribution in [3.63, 3.8) is 0 Å². The number of anilines is 2. The van der Waals surface area contributed by atoms with Gasteiger partial charge in [0, 0.05) is 40.7 Å². The minimum absolute atomic E-state index is 0.512. The maximum absolute atomic E-state index is 9.42. The number of nitrogens with one attached hydrogen (secondary N) is 2. The van der Waals surface area contributed by atoms with Crippen LogP contribution in [-0.2, 0) is 0 Å². The van der Waals surface area contributed by atoms with Crippen molar-refractivity contribution in [1.82, 2.24) is 9.97 Å². The number of hydrogen-bond acceptors (Lipinski definition) is 4. The zero-order chi connectivity index (χ0) is 16.9. The Kier molecular flexibility index (Phi) is 4.59. The van der Waals surface area contributed by atoms with Gasteiger partial charge in [0.25, 0.3) is 0 Å². The number of nitrogens with zero attached hydrogens (tertiary/aromatic N) is 2. The monoisotopic (exact) mass is 317 g/mol. The van der Waals surface area contributed by atoms with E-state index in [1.54, 1.807) is 12.4 Å². The van der Waals surface area contributed by atoms with E-state index in [-0.39, 0.29) is 0 Å². The maximum Gasteiger partial charge on any atom is 0.103 e. The first-order chi connectivity index (χ1) is 11.7. The lowest BCUT2D eigenvalue weighted by Gasteiger charge is -2.14. The summed E-state index contributed by atoms with van der Waals surface area (Å²) in [5.74, 6) is 0. The van der Waals surface area contributed by atoms with Crippen molar-refractivity contribution in [2.45, 2.75) is 13.3 Å². The lowest BCUT2D eigenvalue weighted by molar-refractivity contribution is 1.01. The van der Waals surface area contributed by atoms with Crippen molar-refractivity contribution in [3.05, 3.63) is 59.6 Å². The molecule has 0 aliphatic carbocycles. The highest BCUT2D eigenvalue weighted by Gasteiger charge is 2.10. The lowest BCUT2D eigenvalue weighted by Crippen LogP contribution is -2.00. The zero-order valence-electron chi connectivity index (χ0n) is 13.5. The molecular weight excluding hydrogens is 298 g/mol. The molecule has 24 heavy (non-hydrogen) atoms. The van der Waals surface area contributed by atoms with Crippen molar-refractivity contribution < 1.29 is 0 Å². The molecule has 2 heterocycles. The number of nitrogens with two attached hydrogens (primary N) is 1. The number of aromatic nitrogens is 2. The van der Waals surface area contributed by atoms with Crippen molar-refractivity contribution in [1.29, 1.82) is 5.26 Å². The molecule has 5 heteroatoms. The summed E-state index contributed by atoms with van der Waals surface area (Å²) in [5.41, 5.74) is 10.9. The molecular formula is C19H19N5.